The van der Waals surface area contributed by atoms with Crippen LogP contribution in [0.5, 0.6) is 0 Å². The molecule has 0 saturated heterocycles. The highest BCUT2D eigenvalue weighted by Crippen LogP contribution is 2.27. The SMILES string of the molecule is O=C(Nc1ccc(Cl)c(Cl)c1)c1ccccc1NS(=O)(=O)c1cccc2cccnc12. The van der Waals surface area contributed by atoms with E-state index in [1.807, 2.05) is 0 Å². The number of nitrogens with zero attached hydrogens (tertiary/aromatic N) is 1. The fourth-order valence-corrected chi connectivity index (χ4v) is 4.59. The molecule has 156 valence electrons. The first kappa shape index (κ1) is 21.1. The molecule has 1 amide bonds. The Hall–Kier alpha value is -3.13. The van der Waals surface area contributed by atoms with Crippen molar-refractivity contribution >= 4 is 61.4 Å². The van der Waals surface area contributed by atoms with Gasteiger partial charge >= 0.3 is 0 Å². The third kappa shape index (κ3) is 4.49. The van der Waals surface area contributed by atoms with Crippen LogP contribution in [0.25, 0.3) is 10.9 Å². The number of aromatic nitrogens is 1. The number of nitrogens with one attached hydrogen (secondary N) is 2. The van der Waals surface area contributed by atoms with Crippen molar-refractivity contribution in [2.24, 2.45) is 0 Å². The Balaban J connectivity index is 1.66. The van der Waals surface area contributed by atoms with Gasteiger partial charge in [0.1, 0.15) is 4.90 Å². The van der Waals surface area contributed by atoms with Crippen molar-refractivity contribution in [1.29, 1.82) is 0 Å². The molecular formula is C22H15Cl2N3O3S. The highest BCUT2D eigenvalue weighted by Gasteiger charge is 2.21. The van der Waals surface area contributed by atoms with Crippen molar-refractivity contribution in [3.05, 3.63) is 94.6 Å². The lowest BCUT2D eigenvalue weighted by Gasteiger charge is -2.14. The van der Waals surface area contributed by atoms with Gasteiger partial charge in [0.2, 0.25) is 0 Å². The lowest BCUT2D eigenvalue weighted by atomic mass is 10.1. The summed E-state index contributed by atoms with van der Waals surface area (Å²) in [6.45, 7) is 0. The van der Waals surface area contributed by atoms with Gasteiger partial charge < -0.3 is 5.32 Å². The Bertz CT molecular complexity index is 1400. The summed E-state index contributed by atoms with van der Waals surface area (Å²) in [7, 11) is -4.01. The number of hydrogen-bond acceptors (Lipinski definition) is 4. The van der Waals surface area contributed by atoms with Gasteiger partial charge in [0.05, 0.1) is 26.8 Å². The zero-order valence-electron chi connectivity index (χ0n) is 15.8. The van der Waals surface area contributed by atoms with Crippen molar-refractivity contribution in [3.63, 3.8) is 0 Å². The minimum absolute atomic E-state index is 0.0188. The maximum atomic E-state index is 13.1. The molecule has 0 unspecified atom stereocenters. The van der Waals surface area contributed by atoms with Crippen molar-refractivity contribution < 1.29 is 13.2 Å². The smallest absolute Gasteiger partial charge is 0.264 e. The summed E-state index contributed by atoms with van der Waals surface area (Å²) in [4.78, 5) is 17.0. The van der Waals surface area contributed by atoms with Crippen LogP contribution in [0.3, 0.4) is 0 Å². The molecule has 0 aliphatic carbocycles. The highest BCUT2D eigenvalue weighted by molar-refractivity contribution is 7.93. The maximum Gasteiger partial charge on any atom is 0.264 e. The number of benzene rings is 3. The Morgan fingerprint density at radius 1 is 0.871 bits per heavy atom. The first-order valence-corrected chi connectivity index (χ1v) is 11.3. The molecule has 0 fully saturated rings. The van der Waals surface area contributed by atoms with Gasteiger partial charge in [0, 0.05) is 17.3 Å². The summed E-state index contributed by atoms with van der Waals surface area (Å²) >= 11 is 11.9. The molecule has 0 atom stereocenters. The van der Waals surface area contributed by atoms with E-state index in [0.717, 1.165) is 0 Å². The van der Waals surface area contributed by atoms with Crippen LogP contribution in [0.4, 0.5) is 11.4 Å². The van der Waals surface area contributed by atoms with Gasteiger partial charge in [-0.15, -0.1) is 0 Å². The molecular weight excluding hydrogens is 457 g/mol. The first-order chi connectivity index (χ1) is 14.8. The van der Waals surface area contributed by atoms with E-state index in [4.69, 9.17) is 23.2 Å². The van der Waals surface area contributed by atoms with Crippen LogP contribution in [0, 0.1) is 0 Å². The minimum atomic E-state index is -4.01. The number of hydrogen-bond donors (Lipinski definition) is 2. The quantitative estimate of drug-likeness (QED) is 0.396. The normalized spacial score (nSPS) is 11.3. The highest BCUT2D eigenvalue weighted by atomic mass is 35.5. The Labute approximate surface area is 188 Å². The number of carbonyl (C=O) groups is 1. The Kier molecular flexibility index (Phi) is 5.82. The van der Waals surface area contributed by atoms with Gasteiger partial charge in [-0.25, -0.2) is 8.42 Å². The van der Waals surface area contributed by atoms with Crippen LogP contribution >= 0.6 is 23.2 Å². The number of amides is 1. The number of rotatable bonds is 5. The number of fused-ring (bicyclic) bond motifs is 1. The van der Waals surface area contributed by atoms with E-state index in [2.05, 4.69) is 15.0 Å². The largest absolute Gasteiger partial charge is 0.322 e. The van der Waals surface area contributed by atoms with Crippen LogP contribution in [0.2, 0.25) is 10.0 Å². The van der Waals surface area contributed by atoms with Crippen LogP contribution in [-0.4, -0.2) is 19.3 Å². The Morgan fingerprint density at radius 3 is 2.45 bits per heavy atom. The minimum Gasteiger partial charge on any atom is -0.322 e. The van der Waals surface area contributed by atoms with Gasteiger partial charge in [-0.3, -0.25) is 14.5 Å². The van der Waals surface area contributed by atoms with E-state index in [9.17, 15) is 13.2 Å². The van der Waals surface area contributed by atoms with Crippen molar-refractivity contribution in [1.82, 2.24) is 4.98 Å². The third-order valence-corrected chi connectivity index (χ3v) is 6.61. The van der Waals surface area contributed by atoms with E-state index in [0.29, 0.717) is 21.6 Å². The van der Waals surface area contributed by atoms with E-state index in [1.54, 1.807) is 48.5 Å². The number of pyridine rings is 1. The molecule has 0 aliphatic heterocycles. The number of sulfonamides is 1. The number of halogens is 2. The van der Waals surface area contributed by atoms with Crippen molar-refractivity contribution in [2.45, 2.75) is 4.90 Å². The Morgan fingerprint density at radius 2 is 1.65 bits per heavy atom. The lowest BCUT2D eigenvalue weighted by Crippen LogP contribution is -2.19. The molecule has 1 heterocycles. The number of carbonyl (C=O) groups excluding carboxylic acids is 1. The van der Waals surface area contributed by atoms with E-state index >= 15 is 0 Å². The first-order valence-electron chi connectivity index (χ1n) is 9.07. The lowest BCUT2D eigenvalue weighted by molar-refractivity contribution is 0.102. The standard InChI is InChI=1S/C22H15Cl2N3O3S/c23-17-11-10-15(13-18(17)24)26-22(28)16-7-1-2-8-19(16)27-31(29,30)20-9-3-5-14-6-4-12-25-21(14)20/h1-13,27H,(H,26,28). The van der Waals surface area contributed by atoms with Crippen LogP contribution in [0.1, 0.15) is 10.4 Å². The molecule has 1 aromatic heterocycles. The van der Waals surface area contributed by atoms with Crippen molar-refractivity contribution in [3.8, 4) is 0 Å². The van der Waals surface area contributed by atoms with Gasteiger partial charge in [0.15, 0.2) is 0 Å². The van der Waals surface area contributed by atoms with Crippen molar-refractivity contribution in [2.75, 3.05) is 10.0 Å². The van der Waals surface area contributed by atoms with E-state index < -0.39 is 15.9 Å². The van der Waals surface area contributed by atoms with Crippen LogP contribution < -0.4 is 10.0 Å². The second-order valence-electron chi connectivity index (χ2n) is 6.57. The average molecular weight is 472 g/mol. The van der Waals surface area contributed by atoms with Crippen LogP contribution in [-0.2, 0) is 10.0 Å². The van der Waals surface area contributed by atoms with Crippen LogP contribution in [0.15, 0.2) is 83.9 Å². The van der Waals surface area contributed by atoms with Gasteiger partial charge in [-0.1, -0.05) is 53.5 Å². The fraction of sp³-hybridized carbons (Fsp3) is 0. The van der Waals surface area contributed by atoms with E-state index in [-0.39, 0.29) is 21.2 Å². The van der Waals surface area contributed by atoms with Gasteiger partial charge in [-0.2, -0.15) is 0 Å². The number of para-hydroxylation sites is 2. The molecule has 0 radical (unpaired) electrons. The summed E-state index contributed by atoms with van der Waals surface area (Å²) in [6.07, 6.45) is 1.53. The molecule has 0 saturated carbocycles. The molecule has 0 spiro atoms. The van der Waals surface area contributed by atoms with Gasteiger partial charge in [0.25, 0.3) is 15.9 Å². The molecule has 31 heavy (non-hydrogen) atoms. The molecule has 0 bridgehead atoms. The molecule has 2 N–H and O–H groups in total. The average Bonchev–Trinajstić information content (AvgIpc) is 2.76. The topological polar surface area (TPSA) is 88.2 Å². The molecule has 4 rings (SSSR count). The zero-order valence-corrected chi connectivity index (χ0v) is 18.2. The number of anilines is 2. The summed E-state index contributed by atoms with van der Waals surface area (Å²) in [5.74, 6) is -0.507. The predicted molar refractivity (Wildman–Crippen MR) is 123 cm³/mol. The fourth-order valence-electron chi connectivity index (χ4n) is 3.04. The summed E-state index contributed by atoms with van der Waals surface area (Å²) in [6, 6.07) is 19.4. The van der Waals surface area contributed by atoms with E-state index in [1.165, 1.54) is 30.5 Å². The molecule has 3 aromatic carbocycles. The van der Waals surface area contributed by atoms with Gasteiger partial charge in [-0.05, 0) is 42.5 Å². The molecule has 4 aromatic rings. The summed E-state index contributed by atoms with van der Waals surface area (Å²) in [5.41, 5.74) is 1.05. The zero-order chi connectivity index (χ0) is 22.0. The molecule has 0 aliphatic rings. The predicted octanol–water partition coefficient (Wildman–Crippen LogP) is 5.59. The second kappa shape index (κ2) is 8.55. The maximum absolute atomic E-state index is 13.1. The molecule has 6 nitrogen and oxygen atoms in total. The third-order valence-electron chi connectivity index (χ3n) is 4.48. The molecule has 9 heteroatoms. The monoisotopic (exact) mass is 471 g/mol. The summed E-state index contributed by atoms with van der Waals surface area (Å²) in [5, 5.41) is 4.03. The summed E-state index contributed by atoms with van der Waals surface area (Å²) < 4.78 is 28.7. The second-order valence-corrected chi connectivity index (χ2v) is 9.03.